The number of hydrogen-bond donors (Lipinski definition) is 0. The average molecular weight is 464 g/mol. The van der Waals surface area contributed by atoms with Crippen LogP contribution < -0.4 is 5.69 Å². The minimum absolute atomic E-state index is 0.0152. The summed E-state index contributed by atoms with van der Waals surface area (Å²) < 4.78 is 28.0. The fraction of sp³-hybridized carbons (Fsp3) is 0.368. The normalized spacial score (nSPS) is 15.9. The molecule has 0 atom stereocenters. The van der Waals surface area contributed by atoms with Gasteiger partial charge in [-0.3, -0.25) is 10.1 Å². The standard InChI is InChI=1S/C19H21N5O5S2/c1-31(28,29)21-10-8-15(9-11-21)18-20-22(19(25)23(18)17-3-2-12-30-17)13-14-4-6-16(7-5-14)24(26)27/h2-7,12,15H,8-11,13H2,1H3. The van der Waals surface area contributed by atoms with Gasteiger partial charge in [0.15, 0.2) is 0 Å². The van der Waals surface area contributed by atoms with Crippen LogP contribution in [0.15, 0.2) is 46.6 Å². The molecule has 1 aliphatic rings. The minimum atomic E-state index is -3.24. The van der Waals surface area contributed by atoms with Gasteiger partial charge < -0.3 is 0 Å². The molecule has 0 amide bonds. The number of thiophene rings is 1. The number of rotatable bonds is 6. The maximum Gasteiger partial charge on any atom is 0.351 e. The largest absolute Gasteiger partial charge is 0.351 e. The number of non-ortho nitro benzene ring substituents is 1. The van der Waals surface area contributed by atoms with Gasteiger partial charge in [0, 0.05) is 31.1 Å². The zero-order chi connectivity index (χ0) is 22.2. The Morgan fingerprint density at radius 2 is 1.87 bits per heavy atom. The van der Waals surface area contributed by atoms with Gasteiger partial charge in [0.25, 0.3) is 5.69 Å². The van der Waals surface area contributed by atoms with E-state index in [0.29, 0.717) is 31.8 Å². The topological polar surface area (TPSA) is 120 Å². The van der Waals surface area contributed by atoms with E-state index in [0.717, 1.165) is 10.6 Å². The molecule has 0 spiro atoms. The Morgan fingerprint density at radius 1 is 1.19 bits per heavy atom. The van der Waals surface area contributed by atoms with Crippen molar-refractivity contribution >= 4 is 27.0 Å². The molecule has 1 aromatic carbocycles. The third-order valence-corrected chi connectivity index (χ3v) is 7.52. The van der Waals surface area contributed by atoms with E-state index in [1.165, 1.54) is 38.7 Å². The van der Waals surface area contributed by atoms with Gasteiger partial charge in [0.2, 0.25) is 10.0 Å². The number of piperidine rings is 1. The first-order chi connectivity index (χ1) is 14.7. The van der Waals surface area contributed by atoms with Crippen LogP contribution in [0.3, 0.4) is 0 Å². The van der Waals surface area contributed by atoms with Crippen molar-refractivity contribution in [2.45, 2.75) is 25.3 Å². The summed E-state index contributed by atoms with van der Waals surface area (Å²) in [4.78, 5) is 23.6. The Hall–Kier alpha value is -2.83. The monoisotopic (exact) mass is 463 g/mol. The molecule has 164 valence electrons. The molecule has 2 aromatic heterocycles. The van der Waals surface area contributed by atoms with Crippen LogP contribution in [0.2, 0.25) is 0 Å². The van der Waals surface area contributed by atoms with Crippen LogP contribution in [-0.4, -0.2) is 51.3 Å². The molecule has 1 fully saturated rings. The van der Waals surface area contributed by atoms with Gasteiger partial charge in [0.1, 0.15) is 10.8 Å². The molecule has 0 N–H and O–H groups in total. The van der Waals surface area contributed by atoms with E-state index in [2.05, 4.69) is 5.10 Å². The first kappa shape index (κ1) is 21.4. The van der Waals surface area contributed by atoms with Gasteiger partial charge in [-0.15, -0.1) is 11.3 Å². The summed E-state index contributed by atoms with van der Waals surface area (Å²) in [6, 6.07) is 9.73. The van der Waals surface area contributed by atoms with Crippen molar-refractivity contribution in [2.24, 2.45) is 0 Å². The molecule has 0 aliphatic carbocycles. The lowest BCUT2D eigenvalue weighted by molar-refractivity contribution is -0.384. The molecule has 31 heavy (non-hydrogen) atoms. The van der Waals surface area contributed by atoms with Crippen molar-refractivity contribution in [3.05, 3.63) is 73.8 Å². The lowest BCUT2D eigenvalue weighted by Crippen LogP contribution is -2.37. The highest BCUT2D eigenvalue weighted by Gasteiger charge is 2.30. The predicted molar refractivity (Wildman–Crippen MR) is 116 cm³/mol. The Kier molecular flexibility index (Phi) is 5.77. The second kappa shape index (κ2) is 8.36. The first-order valence-corrected chi connectivity index (χ1v) is 12.4. The summed E-state index contributed by atoms with van der Waals surface area (Å²) in [6.45, 7) is 0.957. The van der Waals surface area contributed by atoms with E-state index in [4.69, 9.17) is 0 Å². The lowest BCUT2D eigenvalue weighted by atomic mass is 9.97. The van der Waals surface area contributed by atoms with Gasteiger partial charge >= 0.3 is 5.69 Å². The smallest absolute Gasteiger partial charge is 0.258 e. The average Bonchev–Trinajstić information content (AvgIpc) is 3.36. The second-order valence-corrected chi connectivity index (χ2v) is 10.4. The van der Waals surface area contributed by atoms with Crippen LogP contribution in [0.1, 0.15) is 30.1 Å². The number of sulfonamides is 1. The van der Waals surface area contributed by atoms with Gasteiger partial charge in [-0.2, -0.15) is 5.10 Å². The molecule has 1 saturated heterocycles. The predicted octanol–water partition coefficient (Wildman–Crippen LogP) is 2.19. The zero-order valence-corrected chi connectivity index (χ0v) is 18.4. The first-order valence-electron chi connectivity index (χ1n) is 9.66. The van der Waals surface area contributed by atoms with Crippen molar-refractivity contribution in [2.75, 3.05) is 19.3 Å². The summed E-state index contributed by atoms with van der Waals surface area (Å²) >= 11 is 1.43. The number of nitro benzene ring substituents is 1. The summed E-state index contributed by atoms with van der Waals surface area (Å²) in [5, 5.41) is 18.1. The molecular formula is C19H21N5O5S2. The van der Waals surface area contributed by atoms with Crippen LogP contribution >= 0.6 is 11.3 Å². The van der Waals surface area contributed by atoms with Gasteiger partial charge in [-0.25, -0.2) is 26.8 Å². The Labute approximate surface area is 182 Å². The quantitative estimate of drug-likeness (QED) is 0.408. The van der Waals surface area contributed by atoms with E-state index < -0.39 is 14.9 Å². The molecule has 0 unspecified atom stereocenters. The number of benzene rings is 1. The molecular weight excluding hydrogens is 442 g/mol. The van der Waals surface area contributed by atoms with Gasteiger partial charge in [0.05, 0.1) is 17.7 Å². The van der Waals surface area contributed by atoms with E-state index in [1.807, 2.05) is 17.5 Å². The van der Waals surface area contributed by atoms with Crippen LogP contribution in [-0.2, 0) is 16.6 Å². The highest BCUT2D eigenvalue weighted by atomic mass is 32.2. The van der Waals surface area contributed by atoms with Crippen LogP contribution in [0.4, 0.5) is 5.69 Å². The van der Waals surface area contributed by atoms with E-state index in [-0.39, 0.29) is 23.8 Å². The van der Waals surface area contributed by atoms with Gasteiger partial charge in [-0.1, -0.05) is 12.1 Å². The van der Waals surface area contributed by atoms with Crippen LogP contribution in [0.5, 0.6) is 0 Å². The van der Waals surface area contributed by atoms with Crippen LogP contribution in [0.25, 0.3) is 5.00 Å². The molecule has 0 saturated carbocycles. The van der Waals surface area contributed by atoms with Gasteiger partial charge in [-0.05, 0) is 35.9 Å². The number of nitro groups is 1. The molecule has 3 heterocycles. The summed E-state index contributed by atoms with van der Waals surface area (Å²) in [5.41, 5.74) is 0.418. The van der Waals surface area contributed by atoms with Crippen molar-refractivity contribution in [3.63, 3.8) is 0 Å². The fourth-order valence-electron chi connectivity index (χ4n) is 3.74. The van der Waals surface area contributed by atoms with E-state index in [9.17, 15) is 23.3 Å². The number of nitrogens with zero attached hydrogens (tertiary/aromatic N) is 5. The van der Waals surface area contributed by atoms with Crippen molar-refractivity contribution in [3.8, 4) is 5.00 Å². The summed E-state index contributed by atoms with van der Waals surface area (Å²) in [5.74, 6) is 0.563. The molecule has 4 rings (SSSR count). The summed E-state index contributed by atoms with van der Waals surface area (Å²) in [7, 11) is -3.24. The number of hydrogen-bond acceptors (Lipinski definition) is 7. The van der Waals surface area contributed by atoms with Crippen molar-refractivity contribution in [1.82, 2.24) is 18.7 Å². The zero-order valence-electron chi connectivity index (χ0n) is 16.7. The Morgan fingerprint density at radius 3 is 2.42 bits per heavy atom. The molecule has 0 radical (unpaired) electrons. The maximum atomic E-state index is 13.2. The fourth-order valence-corrected chi connectivity index (χ4v) is 5.34. The highest BCUT2D eigenvalue weighted by molar-refractivity contribution is 7.88. The maximum absolute atomic E-state index is 13.2. The molecule has 0 bridgehead atoms. The molecule has 12 heteroatoms. The van der Waals surface area contributed by atoms with Crippen molar-refractivity contribution in [1.29, 1.82) is 0 Å². The summed E-state index contributed by atoms with van der Waals surface area (Å²) in [6.07, 6.45) is 2.35. The van der Waals surface area contributed by atoms with Crippen molar-refractivity contribution < 1.29 is 13.3 Å². The third-order valence-electron chi connectivity index (χ3n) is 5.36. The van der Waals surface area contributed by atoms with E-state index >= 15 is 0 Å². The molecule has 1 aliphatic heterocycles. The van der Waals surface area contributed by atoms with E-state index in [1.54, 1.807) is 16.7 Å². The SMILES string of the molecule is CS(=O)(=O)N1CCC(c2nn(Cc3ccc([N+](=O)[O-])cc3)c(=O)n2-c2cccs2)CC1. The highest BCUT2D eigenvalue weighted by Crippen LogP contribution is 2.29. The lowest BCUT2D eigenvalue weighted by Gasteiger charge is -2.29. The molecule has 10 nitrogen and oxygen atoms in total. The molecule has 3 aromatic rings. The minimum Gasteiger partial charge on any atom is -0.258 e. The Balaban J connectivity index is 1.66. The Bertz CT molecular complexity index is 1240. The number of aromatic nitrogens is 3. The van der Waals surface area contributed by atoms with Crippen LogP contribution in [0, 0.1) is 10.1 Å². The third kappa shape index (κ3) is 4.45. The second-order valence-electron chi connectivity index (χ2n) is 7.44.